The minimum absolute atomic E-state index is 0.0233. The maximum Gasteiger partial charge on any atom is 0.392 e. The van der Waals surface area contributed by atoms with Crippen LogP contribution in [0.5, 0.6) is 0 Å². The second-order valence-electron chi connectivity index (χ2n) is 7.55. The van der Waals surface area contributed by atoms with Gasteiger partial charge in [-0.25, -0.2) is 0 Å². The van der Waals surface area contributed by atoms with E-state index in [1.54, 1.807) is 0 Å². The minimum atomic E-state index is -5.41. The van der Waals surface area contributed by atoms with Crippen LogP contribution in [0.25, 0.3) is 0 Å². The van der Waals surface area contributed by atoms with E-state index in [9.17, 15) is 17.2 Å². The number of alkyl halides is 2. The van der Waals surface area contributed by atoms with Crippen molar-refractivity contribution in [3.05, 3.63) is 0 Å². The summed E-state index contributed by atoms with van der Waals surface area (Å²) in [5.74, 6) is 1.07. The molecule has 0 bridgehead atoms. The summed E-state index contributed by atoms with van der Waals surface area (Å²) in [5, 5.41) is -4.24. The number of rotatable bonds is 7. The quantitative estimate of drug-likeness (QED) is 0.720. The van der Waals surface area contributed by atoms with Crippen molar-refractivity contribution < 1.29 is 31.2 Å². The Labute approximate surface area is 128 Å². The van der Waals surface area contributed by atoms with Crippen molar-refractivity contribution in [2.24, 2.45) is 22.7 Å². The second kappa shape index (κ2) is 4.02. The molecule has 4 fully saturated rings. The zero-order valence-corrected chi connectivity index (χ0v) is 13.2. The summed E-state index contributed by atoms with van der Waals surface area (Å²) in [6.45, 7) is 1.55. The van der Waals surface area contributed by atoms with Gasteiger partial charge in [0.2, 0.25) is 0 Å². The van der Waals surface area contributed by atoms with Crippen LogP contribution in [-0.2, 0) is 19.6 Å². The summed E-state index contributed by atoms with van der Waals surface area (Å²) in [5.41, 5.74) is 0.186. The standard InChI is InChI=1S/C14H20F2O5S/c1-2-21-13-4-9-3-11(5-12(13,6-13)10(9)11)7-20-8-14(15,16)22(17,18)19/h9-10H,2-8H2,1H3,(H,17,18,19). The Morgan fingerprint density at radius 2 is 2.05 bits per heavy atom. The summed E-state index contributed by atoms with van der Waals surface area (Å²) < 4.78 is 66.9. The highest BCUT2D eigenvalue weighted by molar-refractivity contribution is 7.86. The van der Waals surface area contributed by atoms with Crippen LogP contribution in [-0.4, -0.2) is 43.6 Å². The SMILES string of the molecule is CCOC12CC3CC4(COCC(F)(F)S(=O)(=O)O)CC1(C2)C34. The predicted octanol–water partition coefficient (Wildman–Crippen LogP) is 2.08. The number of hydrogen-bond acceptors (Lipinski definition) is 4. The average Bonchev–Trinajstić information content (AvgIpc) is 2.91. The first kappa shape index (κ1) is 15.2. The largest absolute Gasteiger partial charge is 0.392 e. The van der Waals surface area contributed by atoms with E-state index in [4.69, 9.17) is 14.0 Å². The van der Waals surface area contributed by atoms with E-state index < -0.39 is 22.0 Å². The third-order valence-corrected chi connectivity index (χ3v) is 7.37. The molecular weight excluding hydrogens is 318 g/mol. The van der Waals surface area contributed by atoms with Gasteiger partial charge in [-0.05, 0) is 49.9 Å². The van der Waals surface area contributed by atoms with Crippen molar-refractivity contribution in [2.75, 3.05) is 19.8 Å². The highest BCUT2D eigenvalue weighted by Crippen LogP contribution is 2.92. The lowest BCUT2D eigenvalue weighted by atomic mass is 9.39. The van der Waals surface area contributed by atoms with E-state index in [0.29, 0.717) is 18.4 Å². The molecule has 4 aliphatic carbocycles. The lowest BCUT2D eigenvalue weighted by molar-refractivity contribution is -0.219. The Bertz CT molecular complexity index is 623. The first-order chi connectivity index (χ1) is 10.1. The van der Waals surface area contributed by atoms with Gasteiger partial charge in [0.15, 0.2) is 0 Å². The lowest BCUT2D eigenvalue weighted by Gasteiger charge is -2.66. The number of hydrogen-bond donors (Lipinski definition) is 1. The molecule has 0 aromatic rings. The van der Waals surface area contributed by atoms with Crippen LogP contribution in [0.15, 0.2) is 0 Å². The lowest BCUT2D eigenvalue weighted by Crippen LogP contribution is -2.62. The average molecular weight is 338 g/mol. The van der Waals surface area contributed by atoms with E-state index >= 15 is 0 Å². The van der Waals surface area contributed by atoms with E-state index in [1.807, 2.05) is 6.92 Å². The summed E-state index contributed by atoms with van der Waals surface area (Å²) in [4.78, 5) is 0. The van der Waals surface area contributed by atoms with Gasteiger partial charge in [0.25, 0.3) is 0 Å². The molecule has 5 atom stereocenters. The Hall–Kier alpha value is -0.310. The monoisotopic (exact) mass is 338 g/mol. The maximum atomic E-state index is 13.2. The molecule has 0 radical (unpaired) electrons. The van der Waals surface area contributed by atoms with Crippen LogP contribution in [0.1, 0.15) is 32.6 Å². The predicted molar refractivity (Wildman–Crippen MR) is 72.0 cm³/mol. The Morgan fingerprint density at radius 3 is 2.68 bits per heavy atom. The zero-order valence-electron chi connectivity index (χ0n) is 12.3. The van der Waals surface area contributed by atoms with Crippen molar-refractivity contribution in [3.63, 3.8) is 0 Å². The fraction of sp³-hybridized carbons (Fsp3) is 1.00. The molecule has 5 unspecified atom stereocenters. The molecule has 0 aromatic heterocycles. The molecule has 8 heteroatoms. The summed E-state index contributed by atoms with van der Waals surface area (Å²) in [7, 11) is -5.41. The first-order valence-corrected chi connectivity index (χ1v) is 9.12. The van der Waals surface area contributed by atoms with Gasteiger partial charge in [-0.2, -0.15) is 17.2 Å². The van der Waals surface area contributed by atoms with Crippen molar-refractivity contribution >= 4 is 10.1 Å². The van der Waals surface area contributed by atoms with Crippen molar-refractivity contribution in [1.82, 2.24) is 0 Å². The summed E-state index contributed by atoms with van der Waals surface area (Å²) in [6, 6.07) is 0. The van der Waals surface area contributed by atoms with Gasteiger partial charge in [-0.1, -0.05) is 0 Å². The third kappa shape index (κ3) is 1.59. The molecule has 4 aliphatic rings. The number of halogens is 2. The molecule has 0 saturated heterocycles. The second-order valence-corrected chi connectivity index (χ2v) is 9.10. The molecule has 1 spiro atoms. The van der Waals surface area contributed by atoms with Gasteiger partial charge in [0.1, 0.15) is 6.61 Å². The molecule has 0 amide bonds. The topological polar surface area (TPSA) is 72.8 Å². The third-order valence-electron chi connectivity index (χ3n) is 6.50. The van der Waals surface area contributed by atoms with E-state index in [2.05, 4.69) is 0 Å². The molecule has 126 valence electrons. The molecule has 1 N–H and O–H groups in total. The van der Waals surface area contributed by atoms with Gasteiger partial charge in [-0.15, -0.1) is 0 Å². The van der Waals surface area contributed by atoms with Crippen LogP contribution < -0.4 is 0 Å². The Kier molecular flexibility index (Phi) is 2.78. The van der Waals surface area contributed by atoms with Gasteiger partial charge in [0.05, 0.1) is 12.2 Å². The minimum Gasteiger partial charge on any atom is -0.375 e. The Balaban J connectivity index is 1.37. The van der Waals surface area contributed by atoms with Crippen LogP contribution in [0.4, 0.5) is 8.78 Å². The van der Waals surface area contributed by atoms with Crippen LogP contribution >= 0.6 is 0 Å². The van der Waals surface area contributed by atoms with Crippen LogP contribution in [0, 0.1) is 22.7 Å². The molecule has 0 heterocycles. The van der Waals surface area contributed by atoms with Gasteiger partial charge >= 0.3 is 15.4 Å². The highest BCUT2D eigenvalue weighted by atomic mass is 32.2. The highest BCUT2D eigenvalue weighted by Gasteiger charge is 2.91. The van der Waals surface area contributed by atoms with Crippen LogP contribution in [0.2, 0.25) is 0 Å². The fourth-order valence-electron chi connectivity index (χ4n) is 6.08. The van der Waals surface area contributed by atoms with Gasteiger partial charge < -0.3 is 9.47 Å². The van der Waals surface area contributed by atoms with E-state index in [-0.39, 0.29) is 23.0 Å². The molecule has 0 aliphatic heterocycles. The van der Waals surface area contributed by atoms with Crippen LogP contribution in [0.3, 0.4) is 0 Å². The smallest absolute Gasteiger partial charge is 0.375 e. The molecule has 0 aromatic carbocycles. The van der Waals surface area contributed by atoms with Crippen molar-refractivity contribution in [1.29, 1.82) is 0 Å². The molecular formula is C14H20F2O5S. The van der Waals surface area contributed by atoms with Gasteiger partial charge in [-0.3, -0.25) is 4.55 Å². The summed E-state index contributed by atoms with van der Waals surface area (Å²) >= 11 is 0. The first-order valence-electron chi connectivity index (χ1n) is 7.68. The Morgan fingerprint density at radius 1 is 1.32 bits per heavy atom. The van der Waals surface area contributed by atoms with E-state index in [0.717, 1.165) is 25.7 Å². The fourth-order valence-corrected chi connectivity index (χ4v) is 6.31. The van der Waals surface area contributed by atoms with E-state index in [1.165, 1.54) is 0 Å². The van der Waals surface area contributed by atoms with Gasteiger partial charge in [0, 0.05) is 12.0 Å². The maximum absolute atomic E-state index is 13.2. The van der Waals surface area contributed by atoms with Crippen molar-refractivity contribution in [2.45, 2.75) is 43.5 Å². The molecule has 5 nitrogen and oxygen atoms in total. The molecule has 4 rings (SSSR count). The number of ether oxygens (including phenoxy) is 2. The van der Waals surface area contributed by atoms with Crippen molar-refractivity contribution in [3.8, 4) is 0 Å². The normalized spacial score (nSPS) is 48.2. The molecule has 4 saturated carbocycles. The zero-order chi connectivity index (χ0) is 16.0. The summed E-state index contributed by atoms with van der Waals surface area (Å²) in [6.07, 6.45) is 4.01. The molecule has 22 heavy (non-hydrogen) atoms.